The number of carbonyl (C=O) groups excluding carboxylic acids is 1. The lowest BCUT2D eigenvalue weighted by Crippen LogP contribution is -2.24. The van der Waals surface area contributed by atoms with Gasteiger partial charge in [0.05, 0.1) is 11.1 Å². The predicted molar refractivity (Wildman–Crippen MR) is 53.4 cm³/mol. The molecule has 0 heterocycles. The second kappa shape index (κ2) is 4.82. The van der Waals surface area contributed by atoms with Crippen LogP contribution >= 0.6 is 0 Å². The Labute approximate surface area is 88.9 Å². The summed E-state index contributed by atoms with van der Waals surface area (Å²) in [4.78, 5) is 19.8. The number of rotatable bonds is 3. The number of carbonyl (C=O) groups is 1. The molecule has 2 amide bonds. The monoisotopic (exact) mass is 226 g/mol. The normalized spacial score (nSPS) is 10.3. The van der Waals surface area contributed by atoms with E-state index in [1.807, 2.05) is 5.43 Å². The van der Waals surface area contributed by atoms with Gasteiger partial charge in [-0.05, 0) is 12.1 Å². The molecule has 0 spiro atoms. The summed E-state index contributed by atoms with van der Waals surface area (Å²) in [6.07, 6.45) is 1.11. The van der Waals surface area contributed by atoms with E-state index in [0.29, 0.717) is 0 Å². The molecule has 0 atom stereocenters. The maximum atomic E-state index is 12.9. The Morgan fingerprint density at radius 1 is 1.62 bits per heavy atom. The van der Waals surface area contributed by atoms with E-state index in [9.17, 15) is 19.3 Å². The van der Waals surface area contributed by atoms with E-state index in [1.54, 1.807) is 0 Å². The molecular formula is C8H7FN4O3. The van der Waals surface area contributed by atoms with Crippen LogP contribution in [0.4, 0.5) is 14.9 Å². The zero-order valence-electron chi connectivity index (χ0n) is 7.88. The van der Waals surface area contributed by atoms with Crippen LogP contribution in [-0.4, -0.2) is 17.2 Å². The smallest absolute Gasteiger partial charge is 0.332 e. The average molecular weight is 226 g/mol. The largest absolute Gasteiger partial charge is 0.350 e. The van der Waals surface area contributed by atoms with Crippen LogP contribution in [0.3, 0.4) is 0 Å². The Kier molecular flexibility index (Phi) is 3.49. The fourth-order valence-electron chi connectivity index (χ4n) is 0.920. The molecule has 1 aromatic carbocycles. The molecule has 16 heavy (non-hydrogen) atoms. The van der Waals surface area contributed by atoms with E-state index < -0.39 is 22.5 Å². The molecule has 8 heteroatoms. The summed E-state index contributed by atoms with van der Waals surface area (Å²) in [5.74, 6) is -0.940. The van der Waals surface area contributed by atoms with Crippen LogP contribution in [0.25, 0.3) is 0 Å². The highest BCUT2D eigenvalue weighted by molar-refractivity contribution is 5.82. The minimum absolute atomic E-state index is 0.266. The van der Waals surface area contributed by atoms with Crippen LogP contribution in [0.2, 0.25) is 0 Å². The highest BCUT2D eigenvalue weighted by Gasteiger charge is 2.13. The number of amides is 2. The van der Waals surface area contributed by atoms with E-state index in [4.69, 9.17) is 5.73 Å². The Morgan fingerprint density at radius 3 is 2.88 bits per heavy atom. The molecule has 0 aliphatic heterocycles. The van der Waals surface area contributed by atoms with Crippen LogP contribution in [0.1, 0.15) is 5.56 Å². The lowest BCUT2D eigenvalue weighted by atomic mass is 10.2. The summed E-state index contributed by atoms with van der Waals surface area (Å²) in [7, 11) is 0. The third kappa shape index (κ3) is 3.01. The fourth-order valence-corrected chi connectivity index (χ4v) is 0.920. The molecule has 1 aromatic rings. The first-order chi connectivity index (χ1) is 7.50. The standard InChI is InChI=1S/C8H7FN4O3/c9-6-2-1-5(3-7(6)13(15)16)4-11-12-8(10)14/h1-4H,(H3,10,12,14). The first-order valence-corrected chi connectivity index (χ1v) is 4.03. The van der Waals surface area contributed by atoms with Crippen molar-refractivity contribution >= 4 is 17.9 Å². The first-order valence-electron chi connectivity index (χ1n) is 4.03. The van der Waals surface area contributed by atoms with E-state index in [2.05, 4.69) is 5.10 Å². The van der Waals surface area contributed by atoms with Crippen molar-refractivity contribution in [2.75, 3.05) is 0 Å². The Hall–Kier alpha value is -2.51. The van der Waals surface area contributed by atoms with Crippen LogP contribution < -0.4 is 11.2 Å². The van der Waals surface area contributed by atoms with E-state index in [-0.39, 0.29) is 5.56 Å². The quantitative estimate of drug-likeness (QED) is 0.450. The molecule has 0 unspecified atom stereocenters. The number of nitro groups is 1. The molecule has 0 aliphatic carbocycles. The lowest BCUT2D eigenvalue weighted by molar-refractivity contribution is -0.387. The Bertz CT molecular complexity index is 461. The molecule has 0 saturated carbocycles. The molecule has 0 saturated heterocycles. The SMILES string of the molecule is NC(=O)NN=Cc1ccc(F)c([N+](=O)[O-])c1. The van der Waals surface area contributed by atoms with Crippen LogP contribution in [0.5, 0.6) is 0 Å². The van der Waals surface area contributed by atoms with Gasteiger partial charge >= 0.3 is 11.7 Å². The minimum Gasteiger partial charge on any atom is -0.350 e. The van der Waals surface area contributed by atoms with Gasteiger partial charge in [0.25, 0.3) is 0 Å². The van der Waals surface area contributed by atoms with Crippen molar-refractivity contribution in [2.24, 2.45) is 10.8 Å². The number of hydrogen-bond donors (Lipinski definition) is 2. The predicted octanol–water partition coefficient (Wildman–Crippen LogP) is 0.736. The number of nitrogens with one attached hydrogen (secondary N) is 1. The molecule has 0 aromatic heterocycles. The number of hydrazone groups is 1. The second-order valence-electron chi connectivity index (χ2n) is 2.70. The molecular weight excluding hydrogens is 219 g/mol. The van der Waals surface area contributed by atoms with Crippen LogP contribution in [-0.2, 0) is 0 Å². The van der Waals surface area contributed by atoms with Gasteiger partial charge in [0.2, 0.25) is 5.82 Å². The Balaban J connectivity index is 2.91. The van der Waals surface area contributed by atoms with Gasteiger partial charge in [-0.25, -0.2) is 10.2 Å². The van der Waals surface area contributed by atoms with Crippen molar-refractivity contribution in [2.45, 2.75) is 0 Å². The van der Waals surface area contributed by atoms with Crippen molar-refractivity contribution in [3.63, 3.8) is 0 Å². The van der Waals surface area contributed by atoms with Gasteiger partial charge in [-0.3, -0.25) is 10.1 Å². The molecule has 0 radical (unpaired) electrons. The van der Waals surface area contributed by atoms with Gasteiger partial charge in [-0.1, -0.05) is 0 Å². The number of halogens is 1. The topological polar surface area (TPSA) is 111 Å². The molecule has 1 rings (SSSR count). The zero-order chi connectivity index (χ0) is 12.1. The van der Waals surface area contributed by atoms with Crippen LogP contribution in [0.15, 0.2) is 23.3 Å². The number of hydrogen-bond acceptors (Lipinski definition) is 4. The third-order valence-corrected chi connectivity index (χ3v) is 1.56. The van der Waals surface area contributed by atoms with Gasteiger partial charge in [-0.15, -0.1) is 0 Å². The fraction of sp³-hybridized carbons (Fsp3) is 0. The number of urea groups is 1. The summed E-state index contributed by atoms with van der Waals surface area (Å²) < 4.78 is 12.9. The summed E-state index contributed by atoms with van der Waals surface area (Å²) in [5, 5.41) is 13.8. The molecule has 0 fully saturated rings. The van der Waals surface area contributed by atoms with Crippen molar-refractivity contribution in [3.05, 3.63) is 39.7 Å². The van der Waals surface area contributed by atoms with Crippen molar-refractivity contribution in [1.29, 1.82) is 0 Å². The maximum Gasteiger partial charge on any atom is 0.332 e. The molecule has 0 bridgehead atoms. The van der Waals surface area contributed by atoms with Crippen molar-refractivity contribution in [1.82, 2.24) is 5.43 Å². The van der Waals surface area contributed by atoms with Crippen molar-refractivity contribution in [3.8, 4) is 0 Å². The third-order valence-electron chi connectivity index (χ3n) is 1.56. The van der Waals surface area contributed by atoms with E-state index in [1.165, 1.54) is 6.07 Å². The Morgan fingerprint density at radius 2 is 2.31 bits per heavy atom. The molecule has 84 valence electrons. The van der Waals surface area contributed by atoms with Gasteiger partial charge in [-0.2, -0.15) is 9.49 Å². The van der Waals surface area contributed by atoms with E-state index >= 15 is 0 Å². The molecule has 0 aliphatic rings. The number of primary amides is 1. The number of nitro benzene ring substituents is 1. The number of nitrogens with two attached hydrogens (primary N) is 1. The van der Waals surface area contributed by atoms with Gasteiger partial charge < -0.3 is 5.73 Å². The number of benzene rings is 1. The summed E-state index contributed by atoms with van der Waals surface area (Å²) in [5.41, 5.74) is 6.23. The summed E-state index contributed by atoms with van der Waals surface area (Å²) in [6, 6.07) is 2.33. The summed E-state index contributed by atoms with van der Waals surface area (Å²) >= 11 is 0. The van der Waals surface area contributed by atoms with E-state index in [0.717, 1.165) is 18.3 Å². The van der Waals surface area contributed by atoms with Gasteiger partial charge in [0.15, 0.2) is 0 Å². The molecule has 3 N–H and O–H groups in total. The van der Waals surface area contributed by atoms with Gasteiger partial charge in [0.1, 0.15) is 0 Å². The number of nitrogens with zero attached hydrogens (tertiary/aromatic N) is 2. The lowest BCUT2D eigenvalue weighted by Gasteiger charge is -1.96. The second-order valence-corrected chi connectivity index (χ2v) is 2.70. The zero-order valence-corrected chi connectivity index (χ0v) is 7.88. The van der Waals surface area contributed by atoms with Gasteiger partial charge in [0, 0.05) is 11.6 Å². The maximum absolute atomic E-state index is 12.9. The average Bonchev–Trinajstić information content (AvgIpc) is 2.19. The summed E-state index contributed by atoms with van der Waals surface area (Å²) in [6.45, 7) is 0. The van der Waals surface area contributed by atoms with Crippen molar-refractivity contribution < 1.29 is 14.1 Å². The van der Waals surface area contributed by atoms with Crippen LogP contribution in [0, 0.1) is 15.9 Å². The molecule has 7 nitrogen and oxygen atoms in total. The highest BCUT2D eigenvalue weighted by Crippen LogP contribution is 2.17. The first kappa shape index (κ1) is 11.6. The highest BCUT2D eigenvalue weighted by atomic mass is 19.1. The minimum atomic E-state index is -0.940.